The molecule has 2 bridgehead atoms. The van der Waals surface area contributed by atoms with E-state index in [1.807, 2.05) is 49.9 Å². The Bertz CT molecular complexity index is 564. The topological polar surface area (TPSA) is 64.8 Å². The summed E-state index contributed by atoms with van der Waals surface area (Å²) in [5, 5.41) is 0. The Morgan fingerprint density at radius 1 is 1.41 bits per heavy atom. The number of hydrogen-bond acceptors (Lipinski definition) is 4. The number of nitrogens with two attached hydrogens (primary N) is 1. The highest BCUT2D eigenvalue weighted by Crippen LogP contribution is 2.40. The predicted molar refractivity (Wildman–Crippen MR) is 84.6 cm³/mol. The summed E-state index contributed by atoms with van der Waals surface area (Å²) in [4.78, 5) is 14.1. The maximum absolute atomic E-state index is 12.3. The van der Waals surface area contributed by atoms with Gasteiger partial charge in [-0.25, -0.2) is 4.79 Å². The van der Waals surface area contributed by atoms with Crippen molar-refractivity contribution in [1.82, 2.24) is 4.90 Å². The number of nitrogen functional groups attached to an aromatic ring is 1. The Morgan fingerprint density at radius 2 is 2.09 bits per heavy atom. The molecule has 2 heterocycles. The minimum Gasteiger partial charge on any atom is -0.444 e. The highest BCUT2D eigenvalue weighted by atomic mass is 16.6. The van der Waals surface area contributed by atoms with Gasteiger partial charge in [0.25, 0.3) is 0 Å². The molecule has 2 aliphatic rings. The molecule has 2 fully saturated rings. The van der Waals surface area contributed by atoms with Gasteiger partial charge in [0, 0.05) is 18.5 Å². The molecule has 22 heavy (non-hydrogen) atoms. The molecule has 0 aromatic heterocycles. The van der Waals surface area contributed by atoms with Crippen LogP contribution in [-0.4, -0.2) is 41.4 Å². The standard InChI is InChI=1S/C17H24N2O3/c1-16(2,3)22-15(20)19-11-17(9-14(19)10-21-17)8-12-4-6-13(18)7-5-12/h4-7,14H,8-11,18H2,1-3H3/t14-,17-/m0/s1. The lowest BCUT2D eigenvalue weighted by atomic mass is 9.93. The molecule has 120 valence electrons. The molecule has 0 unspecified atom stereocenters. The first-order valence-electron chi connectivity index (χ1n) is 7.74. The Morgan fingerprint density at radius 3 is 2.73 bits per heavy atom. The van der Waals surface area contributed by atoms with E-state index in [0.29, 0.717) is 13.2 Å². The molecular formula is C17H24N2O3. The van der Waals surface area contributed by atoms with E-state index in [2.05, 4.69) is 0 Å². The van der Waals surface area contributed by atoms with Crippen LogP contribution < -0.4 is 5.73 Å². The Balaban J connectivity index is 1.69. The lowest BCUT2D eigenvalue weighted by Crippen LogP contribution is -2.48. The lowest BCUT2D eigenvalue weighted by molar-refractivity contribution is -0.0521. The number of anilines is 1. The molecule has 0 saturated carbocycles. The maximum atomic E-state index is 12.3. The molecule has 2 N–H and O–H groups in total. The van der Waals surface area contributed by atoms with Gasteiger partial charge < -0.3 is 15.2 Å². The van der Waals surface area contributed by atoms with Crippen molar-refractivity contribution in [3.8, 4) is 0 Å². The molecule has 5 nitrogen and oxygen atoms in total. The molecule has 0 radical (unpaired) electrons. The fraction of sp³-hybridized carbons (Fsp3) is 0.588. The summed E-state index contributed by atoms with van der Waals surface area (Å²) in [6, 6.07) is 7.98. The summed E-state index contributed by atoms with van der Waals surface area (Å²) >= 11 is 0. The van der Waals surface area contributed by atoms with Gasteiger partial charge in [0.15, 0.2) is 0 Å². The third-order valence-electron chi connectivity index (χ3n) is 4.22. The largest absolute Gasteiger partial charge is 0.444 e. The van der Waals surface area contributed by atoms with Crippen LogP contribution in [-0.2, 0) is 15.9 Å². The summed E-state index contributed by atoms with van der Waals surface area (Å²) in [6.07, 6.45) is 1.43. The van der Waals surface area contributed by atoms with Gasteiger partial charge in [-0.1, -0.05) is 12.1 Å². The Labute approximate surface area is 131 Å². The van der Waals surface area contributed by atoms with Crippen molar-refractivity contribution in [3.63, 3.8) is 0 Å². The summed E-state index contributed by atoms with van der Waals surface area (Å²) in [5.41, 5.74) is 6.92. The number of likely N-dealkylation sites (tertiary alicyclic amines) is 1. The number of morpholine rings is 1. The Hall–Kier alpha value is -1.75. The van der Waals surface area contributed by atoms with Crippen LogP contribution in [0.2, 0.25) is 0 Å². The smallest absolute Gasteiger partial charge is 0.410 e. The van der Waals surface area contributed by atoms with Crippen LogP contribution in [0, 0.1) is 0 Å². The molecule has 0 spiro atoms. The first-order valence-corrected chi connectivity index (χ1v) is 7.74. The van der Waals surface area contributed by atoms with E-state index in [1.54, 1.807) is 0 Å². The molecule has 0 aliphatic carbocycles. The number of ether oxygens (including phenoxy) is 2. The normalized spacial score (nSPS) is 27.2. The van der Waals surface area contributed by atoms with E-state index >= 15 is 0 Å². The minimum atomic E-state index is -0.468. The van der Waals surface area contributed by atoms with Crippen molar-refractivity contribution in [2.45, 2.75) is 50.9 Å². The second-order valence-corrected chi connectivity index (χ2v) is 7.38. The van der Waals surface area contributed by atoms with Crippen molar-refractivity contribution >= 4 is 11.8 Å². The zero-order valence-corrected chi connectivity index (χ0v) is 13.5. The first-order chi connectivity index (χ1) is 10.3. The van der Waals surface area contributed by atoms with Gasteiger partial charge in [0.2, 0.25) is 0 Å². The van der Waals surface area contributed by atoms with Crippen LogP contribution in [0.1, 0.15) is 32.8 Å². The maximum Gasteiger partial charge on any atom is 0.410 e. The van der Waals surface area contributed by atoms with Crippen LogP contribution in [0.4, 0.5) is 10.5 Å². The van der Waals surface area contributed by atoms with Crippen LogP contribution in [0.3, 0.4) is 0 Å². The van der Waals surface area contributed by atoms with Crippen molar-refractivity contribution < 1.29 is 14.3 Å². The average Bonchev–Trinajstić information content (AvgIpc) is 2.97. The lowest BCUT2D eigenvalue weighted by Gasteiger charge is -2.34. The van der Waals surface area contributed by atoms with Crippen LogP contribution in [0.25, 0.3) is 0 Å². The zero-order chi connectivity index (χ0) is 16.0. The van der Waals surface area contributed by atoms with Crippen LogP contribution in [0.5, 0.6) is 0 Å². The molecule has 2 atom stereocenters. The summed E-state index contributed by atoms with van der Waals surface area (Å²) < 4.78 is 11.5. The van der Waals surface area contributed by atoms with Gasteiger partial charge in [-0.05, 0) is 38.5 Å². The van der Waals surface area contributed by atoms with Crippen LogP contribution >= 0.6 is 0 Å². The number of amides is 1. The molecule has 1 aromatic carbocycles. The molecule has 2 aliphatic heterocycles. The van der Waals surface area contributed by atoms with Crippen molar-refractivity contribution in [2.75, 3.05) is 18.9 Å². The average molecular weight is 304 g/mol. The summed E-state index contributed by atoms with van der Waals surface area (Å²) in [5.74, 6) is 0. The quantitative estimate of drug-likeness (QED) is 0.853. The second-order valence-electron chi connectivity index (χ2n) is 7.38. The highest BCUT2D eigenvalue weighted by molar-refractivity contribution is 5.69. The van der Waals surface area contributed by atoms with Gasteiger partial charge in [0.05, 0.1) is 24.8 Å². The fourth-order valence-electron chi connectivity index (χ4n) is 3.29. The third-order valence-corrected chi connectivity index (χ3v) is 4.22. The van der Waals surface area contributed by atoms with E-state index in [9.17, 15) is 4.79 Å². The minimum absolute atomic E-state index is 0.128. The van der Waals surface area contributed by atoms with Gasteiger partial charge in [-0.2, -0.15) is 0 Å². The number of benzene rings is 1. The fourth-order valence-corrected chi connectivity index (χ4v) is 3.29. The Kier molecular flexibility index (Phi) is 3.56. The molecule has 2 saturated heterocycles. The zero-order valence-electron chi connectivity index (χ0n) is 13.5. The van der Waals surface area contributed by atoms with Gasteiger partial charge >= 0.3 is 6.09 Å². The summed E-state index contributed by atoms with van der Waals surface area (Å²) in [7, 11) is 0. The van der Waals surface area contributed by atoms with E-state index in [1.165, 1.54) is 5.56 Å². The van der Waals surface area contributed by atoms with Crippen molar-refractivity contribution in [1.29, 1.82) is 0 Å². The number of carbonyl (C=O) groups is 1. The number of carbonyl (C=O) groups excluding carboxylic acids is 1. The van der Waals surface area contributed by atoms with E-state index < -0.39 is 5.60 Å². The highest BCUT2D eigenvalue weighted by Gasteiger charge is 2.53. The van der Waals surface area contributed by atoms with Crippen LogP contribution in [0.15, 0.2) is 24.3 Å². The molecule has 3 rings (SSSR count). The van der Waals surface area contributed by atoms with E-state index in [4.69, 9.17) is 15.2 Å². The van der Waals surface area contributed by atoms with E-state index in [-0.39, 0.29) is 17.7 Å². The SMILES string of the molecule is CC(C)(C)OC(=O)N1C[C@]2(Cc3ccc(N)cc3)C[C@H]1CO2. The predicted octanol–water partition coefficient (Wildman–Crippen LogP) is 2.59. The number of hydrogen-bond donors (Lipinski definition) is 1. The van der Waals surface area contributed by atoms with Gasteiger partial charge in [0.1, 0.15) is 5.60 Å². The van der Waals surface area contributed by atoms with Crippen molar-refractivity contribution in [3.05, 3.63) is 29.8 Å². The van der Waals surface area contributed by atoms with Gasteiger partial charge in [-0.15, -0.1) is 0 Å². The van der Waals surface area contributed by atoms with Crippen molar-refractivity contribution in [2.24, 2.45) is 0 Å². The van der Waals surface area contributed by atoms with Gasteiger partial charge in [-0.3, -0.25) is 4.90 Å². The van der Waals surface area contributed by atoms with E-state index in [0.717, 1.165) is 18.5 Å². The molecule has 5 heteroatoms. The second kappa shape index (κ2) is 5.16. The number of nitrogens with zero attached hydrogens (tertiary/aromatic N) is 1. The molecular weight excluding hydrogens is 280 g/mol. The number of fused-ring (bicyclic) bond motifs is 2. The molecule has 1 aromatic rings. The monoisotopic (exact) mass is 304 g/mol. The molecule has 1 amide bonds. The first kappa shape index (κ1) is 15.2. The number of rotatable bonds is 2. The third kappa shape index (κ3) is 3.04. The summed E-state index contributed by atoms with van der Waals surface area (Å²) in [6.45, 7) is 6.85.